The average Bonchev–Trinajstić information content (AvgIpc) is 2.15. The van der Waals surface area contributed by atoms with Gasteiger partial charge in [0.05, 0.1) is 0 Å². The first kappa shape index (κ1) is 16.0. The summed E-state index contributed by atoms with van der Waals surface area (Å²) in [5.41, 5.74) is 0.408. The predicted octanol–water partition coefficient (Wildman–Crippen LogP) is 4.64. The molecule has 0 aliphatic heterocycles. The molecule has 0 spiro atoms. The summed E-state index contributed by atoms with van der Waals surface area (Å²) in [6.07, 6.45) is 7.55. The zero-order valence-electron chi connectivity index (χ0n) is 12.1. The van der Waals surface area contributed by atoms with Gasteiger partial charge in [0.1, 0.15) is 0 Å². The molecule has 0 radical (unpaired) electrons. The van der Waals surface area contributed by atoms with E-state index in [1.807, 2.05) is 0 Å². The highest BCUT2D eigenvalue weighted by molar-refractivity contribution is 4.66. The highest BCUT2D eigenvalue weighted by atomic mass is 16.3. The molecule has 0 rings (SSSR count). The Labute approximate surface area is 103 Å². The summed E-state index contributed by atoms with van der Waals surface area (Å²) in [6, 6.07) is 0. The molecule has 98 valence electrons. The van der Waals surface area contributed by atoms with E-state index < -0.39 is 0 Å². The van der Waals surface area contributed by atoms with Crippen molar-refractivity contribution in [3.63, 3.8) is 0 Å². The molecule has 0 aliphatic rings. The minimum Gasteiger partial charge on any atom is -0.396 e. The average molecular weight is 228 g/mol. The summed E-state index contributed by atoms with van der Waals surface area (Å²) in [7, 11) is 0. The molecule has 1 heteroatoms. The maximum absolute atomic E-state index is 9.33. The van der Waals surface area contributed by atoms with Gasteiger partial charge < -0.3 is 5.11 Å². The van der Waals surface area contributed by atoms with Gasteiger partial charge in [0.2, 0.25) is 0 Å². The number of rotatable bonds is 8. The number of hydrogen-bond acceptors (Lipinski definition) is 1. The van der Waals surface area contributed by atoms with Gasteiger partial charge >= 0.3 is 0 Å². The zero-order chi connectivity index (χ0) is 12.6. The van der Waals surface area contributed by atoms with Crippen molar-refractivity contribution in [1.29, 1.82) is 0 Å². The molecule has 0 heterocycles. The van der Waals surface area contributed by atoms with Crippen molar-refractivity contribution in [2.24, 2.45) is 17.3 Å². The Morgan fingerprint density at radius 1 is 0.938 bits per heavy atom. The van der Waals surface area contributed by atoms with Crippen LogP contribution in [0.2, 0.25) is 0 Å². The van der Waals surface area contributed by atoms with E-state index >= 15 is 0 Å². The predicted molar refractivity (Wildman–Crippen MR) is 72.6 cm³/mol. The van der Waals surface area contributed by atoms with Crippen LogP contribution in [0.1, 0.15) is 73.1 Å². The van der Waals surface area contributed by atoms with Gasteiger partial charge in [-0.05, 0) is 36.5 Å². The van der Waals surface area contributed by atoms with E-state index in [0.717, 1.165) is 5.92 Å². The van der Waals surface area contributed by atoms with Crippen LogP contribution in [0.5, 0.6) is 0 Å². The SMILES string of the molecule is CC(C)CCCC[C@H](CO)CCC(C)(C)C. The van der Waals surface area contributed by atoms with Gasteiger partial charge in [-0.2, -0.15) is 0 Å². The second kappa shape index (κ2) is 8.11. The molecule has 16 heavy (non-hydrogen) atoms. The van der Waals surface area contributed by atoms with Crippen molar-refractivity contribution < 1.29 is 5.11 Å². The number of unbranched alkanes of at least 4 members (excludes halogenated alkanes) is 1. The fourth-order valence-electron chi connectivity index (χ4n) is 1.95. The molecule has 1 nitrogen and oxygen atoms in total. The molecule has 1 N–H and O–H groups in total. The van der Waals surface area contributed by atoms with Crippen LogP contribution in [0.25, 0.3) is 0 Å². The molecule has 0 bridgehead atoms. The minimum atomic E-state index is 0.373. The van der Waals surface area contributed by atoms with Crippen LogP contribution < -0.4 is 0 Å². The van der Waals surface area contributed by atoms with E-state index in [2.05, 4.69) is 34.6 Å². The smallest absolute Gasteiger partial charge is 0.0459 e. The first-order valence-electron chi connectivity index (χ1n) is 6.96. The molecule has 0 amide bonds. The second-order valence-corrected chi connectivity index (χ2v) is 6.83. The van der Waals surface area contributed by atoms with Crippen LogP contribution in [0, 0.1) is 17.3 Å². The molecule has 0 saturated heterocycles. The first-order valence-corrected chi connectivity index (χ1v) is 6.96. The number of aliphatic hydroxyl groups is 1. The minimum absolute atomic E-state index is 0.373. The first-order chi connectivity index (χ1) is 7.35. The normalized spacial score (nSPS) is 14.4. The van der Waals surface area contributed by atoms with Crippen molar-refractivity contribution in [3.05, 3.63) is 0 Å². The van der Waals surface area contributed by atoms with Crippen molar-refractivity contribution in [2.45, 2.75) is 73.1 Å². The lowest BCUT2D eigenvalue weighted by Gasteiger charge is -2.22. The van der Waals surface area contributed by atoms with Crippen molar-refractivity contribution in [1.82, 2.24) is 0 Å². The third-order valence-electron chi connectivity index (χ3n) is 3.20. The largest absolute Gasteiger partial charge is 0.396 e. The van der Waals surface area contributed by atoms with Crippen LogP contribution in [-0.4, -0.2) is 11.7 Å². The Morgan fingerprint density at radius 3 is 1.94 bits per heavy atom. The van der Waals surface area contributed by atoms with Crippen LogP contribution in [0.3, 0.4) is 0 Å². The van der Waals surface area contributed by atoms with Gasteiger partial charge in [-0.1, -0.05) is 53.9 Å². The third kappa shape index (κ3) is 10.5. The lowest BCUT2D eigenvalue weighted by molar-refractivity contribution is 0.189. The molecule has 0 aromatic heterocycles. The molecule has 1 atom stereocenters. The second-order valence-electron chi connectivity index (χ2n) is 6.83. The van der Waals surface area contributed by atoms with E-state index in [-0.39, 0.29) is 0 Å². The Bertz CT molecular complexity index is 155. The quantitative estimate of drug-likeness (QED) is 0.600. The van der Waals surface area contributed by atoms with Crippen LogP contribution in [-0.2, 0) is 0 Å². The van der Waals surface area contributed by atoms with E-state index in [0.29, 0.717) is 17.9 Å². The third-order valence-corrected chi connectivity index (χ3v) is 3.20. The number of hydrogen-bond donors (Lipinski definition) is 1. The van der Waals surface area contributed by atoms with E-state index in [9.17, 15) is 5.11 Å². The van der Waals surface area contributed by atoms with E-state index in [1.54, 1.807) is 0 Å². The van der Waals surface area contributed by atoms with Crippen molar-refractivity contribution >= 4 is 0 Å². The summed E-state index contributed by atoms with van der Waals surface area (Å²) in [5.74, 6) is 1.36. The Kier molecular flexibility index (Phi) is 8.09. The Morgan fingerprint density at radius 2 is 1.50 bits per heavy atom. The molecular formula is C15H32O. The topological polar surface area (TPSA) is 20.2 Å². The lowest BCUT2D eigenvalue weighted by Crippen LogP contribution is -2.12. The monoisotopic (exact) mass is 228 g/mol. The van der Waals surface area contributed by atoms with Crippen molar-refractivity contribution in [3.8, 4) is 0 Å². The summed E-state index contributed by atoms with van der Waals surface area (Å²) in [4.78, 5) is 0. The van der Waals surface area contributed by atoms with Gasteiger partial charge in [-0.25, -0.2) is 0 Å². The zero-order valence-corrected chi connectivity index (χ0v) is 12.1. The summed E-state index contributed by atoms with van der Waals surface area (Å²) >= 11 is 0. The lowest BCUT2D eigenvalue weighted by atomic mass is 9.85. The van der Waals surface area contributed by atoms with Gasteiger partial charge in [0.15, 0.2) is 0 Å². The van der Waals surface area contributed by atoms with Gasteiger partial charge in [-0.15, -0.1) is 0 Å². The van der Waals surface area contributed by atoms with Crippen molar-refractivity contribution in [2.75, 3.05) is 6.61 Å². The summed E-state index contributed by atoms with van der Waals surface area (Å²) in [6.45, 7) is 11.8. The van der Waals surface area contributed by atoms with Gasteiger partial charge in [-0.3, -0.25) is 0 Å². The van der Waals surface area contributed by atoms with Gasteiger partial charge in [0, 0.05) is 6.61 Å². The maximum atomic E-state index is 9.33. The fourth-order valence-corrected chi connectivity index (χ4v) is 1.95. The molecule has 0 aromatic rings. The summed E-state index contributed by atoms with van der Waals surface area (Å²) in [5, 5.41) is 9.33. The standard InChI is InChI=1S/C15H32O/c1-13(2)8-6-7-9-14(12-16)10-11-15(3,4)5/h13-14,16H,6-12H2,1-5H3/t14-/m0/s1. The van der Waals surface area contributed by atoms with E-state index in [4.69, 9.17) is 0 Å². The van der Waals surface area contributed by atoms with Crippen LogP contribution >= 0.6 is 0 Å². The maximum Gasteiger partial charge on any atom is 0.0459 e. The molecule has 0 aliphatic carbocycles. The molecule has 0 aromatic carbocycles. The molecule has 0 fully saturated rings. The van der Waals surface area contributed by atoms with Crippen LogP contribution in [0.4, 0.5) is 0 Å². The van der Waals surface area contributed by atoms with Crippen LogP contribution in [0.15, 0.2) is 0 Å². The van der Waals surface area contributed by atoms with Gasteiger partial charge in [0.25, 0.3) is 0 Å². The van der Waals surface area contributed by atoms with E-state index in [1.165, 1.54) is 38.5 Å². The Hall–Kier alpha value is -0.0400. The highest BCUT2D eigenvalue weighted by Gasteiger charge is 2.14. The molecular weight excluding hydrogens is 196 g/mol. The highest BCUT2D eigenvalue weighted by Crippen LogP contribution is 2.26. The molecule has 0 saturated carbocycles. The molecule has 0 unspecified atom stereocenters. The Balaban J connectivity index is 3.59. The number of aliphatic hydroxyl groups excluding tert-OH is 1. The summed E-state index contributed by atoms with van der Waals surface area (Å²) < 4.78 is 0. The fraction of sp³-hybridized carbons (Fsp3) is 1.00.